The van der Waals surface area contributed by atoms with Crippen molar-refractivity contribution in [3.05, 3.63) is 28.5 Å². The fourth-order valence-corrected chi connectivity index (χ4v) is 0.726. The summed E-state index contributed by atoms with van der Waals surface area (Å²) in [5.41, 5.74) is 0. The zero-order valence-corrected chi connectivity index (χ0v) is 11.0. The molecule has 5 heteroatoms. The van der Waals surface area contributed by atoms with Crippen LogP contribution in [0.3, 0.4) is 0 Å². The first-order valence-electron chi connectivity index (χ1n) is 2.24. The Kier molecular flexibility index (Phi) is 7.08. The van der Waals surface area contributed by atoms with Crippen LogP contribution in [0.25, 0.3) is 0 Å². The van der Waals surface area contributed by atoms with Crippen molar-refractivity contribution >= 4 is 36.8 Å². The van der Waals surface area contributed by atoms with Crippen LogP contribution in [0, 0.1) is 6.20 Å². The molecule has 1 aromatic heterocycles. The maximum atomic E-state index is 5.48. The van der Waals surface area contributed by atoms with E-state index in [1.165, 1.54) is 22.5 Å². The van der Waals surface area contributed by atoms with Crippen LogP contribution in [0.2, 0.25) is 10.0 Å². The zero-order valence-electron chi connectivity index (χ0n) is 4.94. The van der Waals surface area contributed by atoms with E-state index in [-0.39, 0.29) is 0 Å². The molecule has 0 amide bonds. The van der Waals surface area contributed by atoms with E-state index in [9.17, 15) is 0 Å². The Labute approximate surface area is 86.2 Å². The molecule has 0 aromatic carbocycles. The van der Waals surface area contributed by atoms with Crippen LogP contribution in [0.15, 0.2) is 12.3 Å². The Balaban J connectivity index is 0.000000371. The van der Waals surface area contributed by atoms with Gasteiger partial charge in [0.15, 0.2) is 0 Å². The van der Waals surface area contributed by atoms with Gasteiger partial charge in [0.1, 0.15) is 0 Å². The Morgan fingerprint density at radius 2 is 2.10 bits per heavy atom. The zero-order chi connectivity index (χ0) is 7.98. The topological polar surface area (TPSA) is 12.9 Å². The van der Waals surface area contributed by atoms with Gasteiger partial charge in [0.2, 0.25) is 0 Å². The average Bonchev–Trinajstić information content (AvgIpc) is 1.91. The third-order valence-electron chi connectivity index (χ3n) is 0.624. The number of rotatable bonds is 0. The predicted octanol–water partition coefficient (Wildman–Crippen LogP) is 3.03. The molecule has 0 atom stereocenters. The molecule has 0 radical (unpaired) electrons. The molecule has 0 aliphatic rings. The summed E-state index contributed by atoms with van der Waals surface area (Å²) in [6, 6.07) is 1.58. The number of hydrogen-bond acceptors (Lipinski definition) is 1. The molecule has 0 saturated heterocycles. The fraction of sp³-hybridized carbons (Fsp3) is 0. The first-order chi connectivity index (χ1) is 4.79. The molecular formula is C5H2BrCl2NZn. The van der Waals surface area contributed by atoms with Gasteiger partial charge in [0, 0.05) is 0 Å². The summed E-state index contributed by atoms with van der Waals surface area (Å²) >= 11 is 15.2. The van der Waals surface area contributed by atoms with E-state index in [0.717, 1.165) is 0 Å². The van der Waals surface area contributed by atoms with Crippen LogP contribution >= 0.6 is 36.8 Å². The van der Waals surface area contributed by atoms with Crippen LogP contribution in [-0.2, 0) is 16.3 Å². The Morgan fingerprint density at radius 1 is 1.50 bits per heavy atom. The quantitative estimate of drug-likeness (QED) is 0.529. The van der Waals surface area contributed by atoms with Crippen LogP contribution in [0.5, 0.6) is 0 Å². The summed E-state index contributed by atoms with van der Waals surface area (Å²) in [6.07, 6.45) is 3.98. The van der Waals surface area contributed by atoms with Gasteiger partial charge >= 0.3 is 30.0 Å². The van der Waals surface area contributed by atoms with E-state index in [1.807, 2.05) is 0 Å². The SMILES string of the molecule is Clc1[c-]ncc(Cl)c1.[Zn+][Br]. The van der Waals surface area contributed by atoms with E-state index >= 15 is 0 Å². The summed E-state index contributed by atoms with van der Waals surface area (Å²) in [7, 11) is 0. The molecule has 0 spiro atoms. The summed E-state index contributed by atoms with van der Waals surface area (Å²) in [6.45, 7) is 0. The number of pyridine rings is 1. The Morgan fingerprint density at radius 3 is 2.40 bits per heavy atom. The van der Waals surface area contributed by atoms with Crippen molar-refractivity contribution in [2.45, 2.75) is 0 Å². The van der Waals surface area contributed by atoms with Gasteiger partial charge in [-0.05, 0) is 5.02 Å². The summed E-state index contributed by atoms with van der Waals surface area (Å²) in [4.78, 5) is 3.59. The van der Waals surface area contributed by atoms with Crippen molar-refractivity contribution in [2.75, 3.05) is 0 Å². The van der Waals surface area contributed by atoms with Crippen molar-refractivity contribution in [3.63, 3.8) is 0 Å². The number of halogens is 3. The van der Waals surface area contributed by atoms with Crippen LogP contribution in [0.1, 0.15) is 0 Å². The van der Waals surface area contributed by atoms with Crippen molar-refractivity contribution in [1.29, 1.82) is 0 Å². The second kappa shape index (κ2) is 6.54. The van der Waals surface area contributed by atoms with Crippen LogP contribution < -0.4 is 0 Å². The maximum absolute atomic E-state index is 5.48. The van der Waals surface area contributed by atoms with Gasteiger partial charge in [0.25, 0.3) is 0 Å². The van der Waals surface area contributed by atoms with E-state index in [0.29, 0.717) is 10.0 Å². The van der Waals surface area contributed by atoms with Crippen molar-refractivity contribution in [3.8, 4) is 0 Å². The monoisotopic (exact) mass is 289 g/mol. The molecule has 0 aliphatic carbocycles. The van der Waals surface area contributed by atoms with Gasteiger partial charge in [-0.1, -0.05) is 17.4 Å². The van der Waals surface area contributed by atoms with E-state index in [1.54, 1.807) is 6.07 Å². The Hall–Kier alpha value is 0.833. The second-order valence-electron chi connectivity index (χ2n) is 1.25. The van der Waals surface area contributed by atoms with Gasteiger partial charge in [-0.3, -0.25) is 0 Å². The fourth-order valence-electron chi connectivity index (χ4n) is 0.346. The van der Waals surface area contributed by atoms with E-state index in [2.05, 4.69) is 24.8 Å². The summed E-state index contributed by atoms with van der Waals surface area (Å²) in [5, 5.41) is 0.978. The number of aromatic nitrogens is 1. The van der Waals surface area contributed by atoms with Crippen molar-refractivity contribution < 1.29 is 16.3 Å². The number of hydrogen-bond donors (Lipinski definition) is 0. The van der Waals surface area contributed by atoms with Crippen LogP contribution in [0.4, 0.5) is 0 Å². The number of nitrogens with zero attached hydrogens (tertiary/aromatic N) is 1. The van der Waals surface area contributed by atoms with Crippen LogP contribution in [-0.4, -0.2) is 4.98 Å². The predicted molar refractivity (Wildman–Crippen MR) is 42.0 cm³/mol. The third-order valence-corrected chi connectivity index (χ3v) is 1.02. The molecule has 1 rings (SSSR count). The summed E-state index contributed by atoms with van der Waals surface area (Å²) in [5.74, 6) is 0. The molecule has 0 saturated carbocycles. The first kappa shape index (κ1) is 10.8. The van der Waals surface area contributed by atoms with Gasteiger partial charge in [-0.25, -0.2) is 0 Å². The Bertz CT molecular complexity index is 180. The normalized spacial score (nSPS) is 8.10. The first-order valence-corrected chi connectivity index (χ1v) is 9.95. The molecule has 0 N–H and O–H groups in total. The third kappa shape index (κ3) is 4.62. The molecule has 50 valence electrons. The molecule has 1 nitrogen and oxygen atoms in total. The second-order valence-corrected chi connectivity index (χ2v) is 2.09. The molecule has 0 fully saturated rings. The summed E-state index contributed by atoms with van der Waals surface area (Å²) < 4.78 is 0. The molecule has 10 heavy (non-hydrogen) atoms. The standard InChI is InChI=1S/C5H2Cl2N.BrH.Zn/c6-4-1-5(7)3-8-2-4;;/h1-2H;1H;/q-1;;+2/p-1. The van der Waals surface area contributed by atoms with Crippen molar-refractivity contribution in [1.82, 2.24) is 4.98 Å². The minimum atomic E-state index is 0.442. The van der Waals surface area contributed by atoms with Crippen molar-refractivity contribution in [2.24, 2.45) is 0 Å². The van der Waals surface area contributed by atoms with E-state index in [4.69, 9.17) is 23.2 Å². The van der Waals surface area contributed by atoms with Gasteiger partial charge in [-0.2, -0.15) is 0 Å². The van der Waals surface area contributed by atoms with E-state index < -0.39 is 0 Å². The van der Waals surface area contributed by atoms with Gasteiger partial charge in [0.05, 0.1) is 0 Å². The van der Waals surface area contributed by atoms with Gasteiger partial charge < -0.3 is 4.98 Å². The minimum absolute atomic E-state index is 0.442. The molecule has 0 bridgehead atoms. The molecule has 0 aliphatic heterocycles. The average molecular weight is 292 g/mol. The molecule has 1 aromatic rings. The van der Waals surface area contributed by atoms with Gasteiger partial charge in [-0.15, -0.1) is 29.3 Å². The molecular weight excluding hydrogens is 290 g/mol. The molecule has 0 unspecified atom stereocenters. The molecule has 1 heterocycles.